The van der Waals surface area contributed by atoms with Crippen molar-refractivity contribution in [2.45, 2.75) is 38.3 Å². The molecule has 1 fully saturated rings. The van der Waals surface area contributed by atoms with E-state index in [0.717, 1.165) is 13.0 Å². The Morgan fingerprint density at radius 3 is 2.79 bits per heavy atom. The van der Waals surface area contributed by atoms with Crippen molar-refractivity contribution in [1.29, 1.82) is 0 Å². The number of ether oxygens (including phenoxy) is 1. The second-order valence-corrected chi connectivity index (χ2v) is 4.35. The normalized spacial score (nSPS) is 30.3. The topological polar surface area (TPSA) is 49.8 Å². The largest absolute Gasteiger partial charge is 0.469 e. The first kappa shape index (κ1) is 11.5. The predicted molar refractivity (Wildman–Crippen MR) is 52.9 cm³/mol. The average Bonchev–Trinajstić information content (AvgIpc) is 2.46. The van der Waals surface area contributed by atoms with Gasteiger partial charge >= 0.3 is 5.97 Å². The Balaban J connectivity index is 2.39. The van der Waals surface area contributed by atoms with Gasteiger partial charge in [-0.3, -0.25) is 9.69 Å². The molecule has 1 N–H and O–H groups in total. The minimum absolute atomic E-state index is 0.149. The number of methoxy groups -OCH3 is 1. The van der Waals surface area contributed by atoms with Crippen molar-refractivity contribution in [3.05, 3.63) is 0 Å². The fraction of sp³-hybridized carbons (Fsp3) is 0.900. The molecule has 1 saturated heterocycles. The molecule has 0 aromatic heterocycles. The van der Waals surface area contributed by atoms with Crippen LogP contribution in [0.3, 0.4) is 0 Å². The summed E-state index contributed by atoms with van der Waals surface area (Å²) in [6.07, 6.45) is 1.17. The zero-order valence-electron chi connectivity index (χ0n) is 9.12. The van der Waals surface area contributed by atoms with Gasteiger partial charge in [0.15, 0.2) is 0 Å². The highest BCUT2D eigenvalue weighted by atomic mass is 16.5. The molecular weight excluding hydrogens is 182 g/mol. The number of β-amino-alcohol motifs (C(OH)–C–C–N with tert-alkyl or cyclic N) is 1. The molecule has 0 saturated carbocycles. The lowest BCUT2D eigenvalue weighted by molar-refractivity contribution is -0.141. The van der Waals surface area contributed by atoms with Crippen LogP contribution in [-0.2, 0) is 9.53 Å². The molecule has 1 aliphatic heterocycles. The molecule has 1 rings (SSSR count). The van der Waals surface area contributed by atoms with E-state index in [9.17, 15) is 9.90 Å². The minimum Gasteiger partial charge on any atom is -0.469 e. The van der Waals surface area contributed by atoms with E-state index >= 15 is 0 Å². The van der Waals surface area contributed by atoms with Crippen LogP contribution in [0.15, 0.2) is 0 Å². The van der Waals surface area contributed by atoms with Crippen molar-refractivity contribution in [2.24, 2.45) is 0 Å². The summed E-state index contributed by atoms with van der Waals surface area (Å²) in [5, 5.41) is 9.75. The van der Waals surface area contributed by atoms with Crippen LogP contribution in [0.2, 0.25) is 0 Å². The fourth-order valence-corrected chi connectivity index (χ4v) is 1.81. The standard InChI is InChI=1S/C10H19NO3/c1-8(6-9(12)14-3)11-5-4-10(2,13)7-11/h8,13H,4-7H2,1-3H3. The molecule has 14 heavy (non-hydrogen) atoms. The zero-order valence-corrected chi connectivity index (χ0v) is 9.12. The third-order valence-corrected chi connectivity index (χ3v) is 2.79. The third-order valence-electron chi connectivity index (χ3n) is 2.79. The zero-order chi connectivity index (χ0) is 10.8. The van der Waals surface area contributed by atoms with Gasteiger partial charge in [0.05, 0.1) is 19.1 Å². The van der Waals surface area contributed by atoms with Crippen LogP contribution < -0.4 is 0 Å². The number of rotatable bonds is 3. The van der Waals surface area contributed by atoms with E-state index in [1.54, 1.807) is 0 Å². The molecule has 1 aliphatic rings. The molecule has 0 aromatic rings. The molecule has 2 atom stereocenters. The molecule has 2 unspecified atom stereocenters. The van der Waals surface area contributed by atoms with E-state index in [1.807, 2.05) is 13.8 Å². The Bertz CT molecular complexity index is 215. The van der Waals surface area contributed by atoms with Crippen LogP contribution in [0.1, 0.15) is 26.7 Å². The smallest absolute Gasteiger partial charge is 0.307 e. The molecule has 0 spiro atoms. The highest BCUT2D eigenvalue weighted by Gasteiger charge is 2.34. The molecule has 4 nitrogen and oxygen atoms in total. The first-order valence-electron chi connectivity index (χ1n) is 4.98. The number of carbonyl (C=O) groups excluding carboxylic acids is 1. The van der Waals surface area contributed by atoms with E-state index in [0.29, 0.717) is 13.0 Å². The SMILES string of the molecule is COC(=O)CC(C)N1CCC(C)(O)C1. The Hall–Kier alpha value is -0.610. The van der Waals surface area contributed by atoms with Crippen LogP contribution in [0, 0.1) is 0 Å². The lowest BCUT2D eigenvalue weighted by Crippen LogP contribution is -2.36. The summed E-state index contributed by atoms with van der Waals surface area (Å²) in [6, 6.07) is 0.149. The van der Waals surface area contributed by atoms with Gasteiger partial charge in [-0.25, -0.2) is 0 Å². The Labute approximate surface area is 84.8 Å². The number of carbonyl (C=O) groups is 1. The third kappa shape index (κ3) is 2.96. The van der Waals surface area contributed by atoms with Crippen LogP contribution >= 0.6 is 0 Å². The van der Waals surface area contributed by atoms with E-state index in [2.05, 4.69) is 9.64 Å². The molecule has 0 aromatic carbocycles. The van der Waals surface area contributed by atoms with Crippen molar-refractivity contribution in [1.82, 2.24) is 4.90 Å². The molecular formula is C10H19NO3. The van der Waals surface area contributed by atoms with Crippen LogP contribution in [0.5, 0.6) is 0 Å². The summed E-state index contributed by atoms with van der Waals surface area (Å²) in [7, 11) is 1.40. The average molecular weight is 201 g/mol. The molecule has 0 amide bonds. The van der Waals surface area contributed by atoms with Gasteiger partial charge in [-0.2, -0.15) is 0 Å². The van der Waals surface area contributed by atoms with Crippen LogP contribution in [0.25, 0.3) is 0 Å². The fourth-order valence-electron chi connectivity index (χ4n) is 1.81. The van der Waals surface area contributed by atoms with Crippen LogP contribution in [-0.4, -0.2) is 47.8 Å². The van der Waals surface area contributed by atoms with Gasteiger partial charge in [0, 0.05) is 19.1 Å². The van der Waals surface area contributed by atoms with Gasteiger partial charge in [-0.1, -0.05) is 0 Å². The molecule has 0 aliphatic carbocycles. The Morgan fingerprint density at radius 1 is 1.71 bits per heavy atom. The van der Waals surface area contributed by atoms with Crippen molar-refractivity contribution in [3.63, 3.8) is 0 Å². The molecule has 82 valence electrons. The van der Waals surface area contributed by atoms with Crippen molar-refractivity contribution < 1.29 is 14.6 Å². The first-order chi connectivity index (χ1) is 6.44. The van der Waals surface area contributed by atoms with E-state index in [1.165, 1.54) is 7.11 Å². The summed E-state index contributed by atoms with van der Waals surface area (Å²) in [4.78, 5) is 13.2. The first-order valence-corrected chi connectivity index (χ1v) is 4.98. The number of nitrogens with zero attached hydrogens (tertiary/aromatic N) is 1. The number of likely N-dealkylation sites (tertiary alicyclic amines) is 1. The summed E-state index contributed by atoms with van der Waals surface area (Å²) in [6.45, 7) is 5.31. The Morgan fingerprint density at radius 2 is 2.36 bits per heavy atom. The monoisotopic (exact) mass is 201 g/mol. The number of aliphatic hydroxyl groups is 1. The second kappa shape index (κ2) is 4.28. The van der Waals surface area contributed by atoms with Crippen molar-refractivity contribution in [2.75, 3.05) is 20.2 Å². The summed E-state index contributed by atoms with van der Waals surface area (Å²) >= 11 is 0. The van der Waals surface area contributed by atoms with Gasteiger partial charge in [0.25, 0.3) is 0 Å². The quantitative estimate of drug-likeness (QED) is 0.671. The molecule has 1 heterocycles. The molecule has 0 radical (unpaired) electrons. The van der Waals surface area contributed by atoms with Gasteiger partial charge in [0.1, 0.15) is 0 Å². The Kier molecular flexibility index (Phi) is 3.50. The van der Waals surface area contributed by atoms with Gasteiger partial charge in [-0.15, -0.1) is 0 Å². The number of esters is 1. The van der Waals surface area contributed by atoms with E-state index < -0.39 is 5.60 Å². The van der Waals surface area contributed by atoms with Crippen LogP contribution in [0.4, 0.5) is 0 Å². The highest BCUT2D eigenvalue weighted by Crippen LogP contribution is 2.23. The summed E-state index contributed by atoms with van der Waals surface area (Å²) < 4.78 is 4.60. The summed E-state index contributed by atoms with van der Waals surface area (Å²) in [5.41, 5.74) is -0.593. The molecule has 0 bridgehead atoms. The maximum atomic E-state index is 11.0. The lowest BCUT2D eigenvalue weighted by atomic mass is 10.1. The lowest BCUT2D eigenvalue weighted by Gasteiger charge is -2.24. The number of hydrogen-bond donors (Lipinski definition) is 1. The second-order valence-electron chi connectivity index (χ2n) is 4.35. The van der Waals surface area contributed by atoms with E-state index in [4.69, 9.17) is 0 Å². The van der Waals surface area contributed by atoms with Gasteiger partial charge < -0.3 is 9.84 Å². The van der Waals surface area contributed by atoms with Gasteiger partial charge in [0.2, 0.25) is 0 Å². The maximum Gasteiger partial charge on any atom is 0.307 e. The van der Waals surface area contributed by atoms with Crippen molar-refractivity contribution >= 4 is 5.97 Å². The summed E-state index contributed by atoms with van der Waals surface area (Å²) in [5.74, 6) is -0.191. The minimum atomic E-state index is -0.593. The maximum absolute atomic E-state index is 11.0. The van der Waals surface area contributed by atoms with E-state index in [-0.39, 0.29) is 12.0 Å². The predicted octanol–water partition coefficient (Wildman–Crippen LogP) is 0.395. The number of hydrogen-bond acceptors (Lipinski definition) is 4. The van der Waals surface area contributed by atoms with Gasteiger partial charge in [-0.05, 0) is 20.3 Å². The highest BCUT2D eigenvalue weighted by molar-refractivity contribution is 5.69. The molecule has 4 heteroatoms. The van der Waals surface area contributed by atoms with Crippen molar-refractivity contribution in [3.8, 4) is 0 Å².